The van der Waals surface area contributed by atoms with Gasteiger partial charge in [-0.25, -0.2) is 0 Å². The minimum Gasteiger partial charge on any atom is -0.383 e. The van der Waals surface area contributed by atoms with Gasteiger partial charge >= 0.3 is 0 Å². The summed E-state index contributed by atoms with van der Waals surface area (Å²) in [5.41, 5.74) is 0.236. The van der Waals surface area contributed by atoms with Gasteiger partial charge in [-0.1, -0.05) is 39.5 Å². The molecular formula is C15H31NO. The van der Waals surface area contributed by atoms with Crippen molar-refractivity contribution in [3.8, 4) is 0 Å². The van der Waals surface area contributed by atoms with E-state index in [1.807, 2.05) is 7.11 Å². The number of piperidine rings is 1. The molecule has 1 rings (SSSR count). The van der Waals surface area contributed by atoms with Crippen molar-refractivity contribution in [2.24, 2.45) is 11.8 Å². The molecule has 0 spiro atoms. The van der Waals surface area contributed by atoms with E-state index < -0.39 is 0 Å². The number of ether oxygens (including phenoxy) is 1. The van der Waals surface area contributed by atoms with Crippen LogP contribution in [0.1, 0.15) is 52.9 Å². The van der Waals surface area contributed by atoms with Gasteiger partial charge < -0.3 is 4.74 Å². The molecule has 0 aromatic carbocycles. The zero-order chi connectivity index (χ0) is 12.9. The lowest BCUT2D eigenvalue weighted by atomic mass is 9.68. The Kier molecular flexibility index (Phi) is 5.94. The lowest BCUT2D eigenvalue weighted by Crippen LogP contribution is -2.58. The van der Waals surface area contributed by atoms with Crippen molar-refractivity contribution in [2.75, 3.05) is 27.3 Å². The Bertz CT molecular complexity index is 217. The van der Waals surface area contributed by atoms with Crippen LogP contribution in [0.25, 0.3) is 0 Å². The third-order valence-electron chi connectivity index (χ3n) is 4.88. The highest BCUT2D eigenvalue weighted by Gasteiger charge is 2.44. The largest absolute Gasteiger partial charge is 0.383 e. The number of hydrogen-bond acceptors (Lipinski definition) is 2. The van der Waals surface area contributed by atoms with E-state index in [1.54, 1.807) is 0 Å². The van der Waals surface area contributed by atoms with Gasteiger partial charge in [0.15, 0.2) is 0 Å². The molecule has 0 N–H and O–H groups in total. The lowest BCUT2D eigenvalue weighted by Gasteiger charge is -2.52. The summed E-state index contributed by atoms with van der Waals surface area (Å²) in [5.74, 6) is 1.68. The van der Waals surface area contributed by atoms with Gasteiger partial charge in [0.2, 0.25) is 0 Å². The fourth-order valence-corrected chi connectivity index (χ4v) is 3.70. The molecule has 1 heterocycles. The molecule has 1 aliphatic heterocycles. The molecule has 0 aromatic rings. The zero-order valence-corrected chi connectivity index (χ0v) is 12.5. The van der Waals surface area contributed by atoms with Gasteiger partial charge in [0.1, 0.15) is 0 Å². The summed E-state index contributed by atoms with van der Waals surface area (Å²) in [7, 11) is 4.10. The summed E-state index contributed by atoms with van der Waals surface area (Å²) in [6.45, 7) is 9.12. The highest BCUT2D eigenvalue weighted by atomic mass is 16.5. The number of nitrogens with zero attached hydrogens (tertiary/aromatic N) is 1. The second-order valence-electron chi connectivity index (χ2n) is 5.92. The summed E-state index contributed by atoms with van der Waals surface area (Å²) in [6.07, 6.45) is 6.76. The van der Waals surface area contributed by atoms with E-state index >= 15 is 0 Å². The first-order chi connectivity index (χ1) is 8.10. The molecule has 0 bridgehead atoms. The number of likely N-dealkylation sites (tertiary alicyclic amines) is 1. The Labute approximate surface area is 108 Å². The van der Waals surface area contributed by atoms with E-state index in [2.05, 4.69) is 32.7 Å². The minimum absolute atomic E-state index is 0.236. The van der Waals surface area contributed by atoms with Crippen molar-refractivity contribution < 1.29 is 4.74 Å². The van der Waals surface area contributed by atoms with Gasteiger partial charge in [-0.15, -0.1) is 0 Å². The number of unbranched alkanes of at least 4 members (excludes halogenated alkanes) is 1. The Morgan fingerprint density at radius 2 is 2.06 bits per heavy atom. The summed E-state index contributed by atoms with van der Waals surface area (Å²) in [5, 5.41) is 0. The Hall–Kier alpha value is -0.0800. The van der Waals surface area contributed by atoms with Crippen LogP contribution in [0.3, 0.4) is 0 Å². The van der Waals surface area contributed by atoms with Crippen molar-refractivity contribution in [1.29, 1.82) is 0 Å². The molecule has 0 amide bonds. The van der Waals surface area contributed by atoms with Crippen LogP contribution in [0.4, 0.5) is 0 Å². The van der Waals surface area contributed by atoms with E-state index in [-0.39, 0.29) is 5.54 Å². The van der Waals surface area contributed by atoms with Gasteiger partial charge in [-0.2, -0.15) is 0 Å². The van der Waals surface area contributed by atoms with Crippen molar-refractivity contribution >= 4 is 0 Å². The van der Waals surface area contributed by atoms with Crippen LogP contribution in [0.15, 0.2) is 0 Å². The molecule has 0 aromatic heterocycles. The van der Waals surface area contributed by atoms with Crippen LogP contribution in [-0.4, -0.2) is 37.7 Å². The molecule has 0 aliphatic carbocycles. The summed E-state index contributed by atoms with van der Waals surface area (Å²) >= 11 is 0. The predicted molar refractivity (Wildman–Crippen MR) is 74.3 cm³/mol. The predicted octanol–water partition coefficient (Wildman–Crippen LogP) is 3.56. The van der Waals surface area contributed by atoms with E-state index in [0.717, 1.165) is 18.4 Å². The third-order valence-corrected chi connectivity index (χ3v) is 4.88. The van der Waals surface area contributed by atoms with Gasteiger partial charge in [-0.3, -0.25) is 4.90 Å². The average molecular weight is 241 g/mol. The Morgan fingerprint density at radius 3 is 2.59 bits per heavy atom. The highest BCUT2D eigenvalue weighted by Crippen LogP contribution is 2.41. The summed E-state index contributed by atoms with van der Waals surface area (Å²) in [6, 6.07) is 0. The smallest absolute Gasteiger partial charge is 0.0646 e. The van der Waals surface area contributed by atoms with Crippen LogP contribution in [0.5, 0.6) is 0 Å². The first-order valence-electron chi connectivity index (χ1n) is 7.30. The van der Waals surface area contributed by atoms with Crippen molar-refractivity contribution in [2.45, 2.75) is 58.4 Å². The van der Waals surface area contributed by atoms with Gasteiger partial charge in [0.25, 0.3) is 0 Å². The standard InChI is InChI=1S/C15H31NO/c1-6-8-9-13-10-11-16(4)15(3,12-17-5)14(13)7-2/h13-14H,6-12H2,1-5H3. The fourth-order valence-electron chi connectivity index (χ4n) is 3.70. The maximum absolute atomic E-state index is 5.50. The molecule has 17 heavy (non-hydrogen) atoms. The Morgan fingerprint density at radius 1 is 1.35 bits per heavy atom. The summed E-state index contributed by atoms with van der Waals surface area (Å²) in [4.78, 5) is 2.52. The quantitative estimate of drug-likeness (QED) is 0.705. The molecule has 3 unspecified atom stereocenters. The van der Waals surface area contributed by atoms with Crippen molar-refractivity contribution in [3.05, 3.63) is 0 Å². The zero-order valence-electron chi connectivity index (χ0n) is 12.5. The first-order valence-corrected chi connectivity index (χ1v) is 7.30. The van der Waals surface area contributed by atoms with Crippen LogP contribution in [-0.2, 0) is 4.74 Å². The Balaban J connectivity index is 2.76. The number of rotatable bonds is 6. The highest BCUT2D eigenvalue weighted by molar-refractivity contribution is 4.97. The molecule has 1 aliphatic rings. The average Bonchev–Trinajstić information content (AvgIpc) is 2.31. The van der Waals surface area contributed by atoms with E-state index in [9.17, 15) is 0 Å². The molecule has 2 nitrogen and oxygen atoms in total. The lowest BCUT2D eigenvalue weighted by molar-refractivity contribution is -0.0600. The second-order valence-corrected chi connectivity index (χ2v) is 5.92. The molecule has 0 saturated carbocycles. The van der Waals surface area contributed by atoms with Gasteiger partial charge in [0, 0.05) is 12.6 Å². The first kappa shape index (κ1) is 15.0. The normalized spacial score (nSPS) is 35.1. The molecule has 1 saturated heterocycles. The minimum atomic E-state index is 0.236. The molecule has 0 radical (unpaired) electrons. The molecular weight excluding hydrogens is 210 g/mol. The number of hydrogen-bond donors (Lipinski definition) is 0. The van der Waals surface area contributed by atoms with E-state index in [1.165, 1.54) is 38.6 Å². The topological polar surface area (TPSA) is 12.5 Å². The molecule has 1 fully saturated rings. The van der Waals surface area contributed by atoms with Crippen LogP contribution in [0.2, 0.25) is 0 Å². The van der Waals surface area contributed by atoms with Crippen LogP contribution in [0, 0.1) is 11.8 Å². The van der Waals surface area contributed by atoms with E-state index in [0.29, 0.717) is 0 Å². The number of methoxy groups -OCH3 is 1. The van der Waals surface area contributed by atoms with Crippen LogP contribution >= 0.6 is 0 Å². The maximum Gasteiger partial charge on any atom is 0.0646 e. The van der Waals surface area contributed by atoms with Gasteiger partial charge in [-0.05, 0) is 38.8 Å². The van der Waals surface area contributed by atoms with Crippen molar-refractivity contribution in [1.82, 2.24) is 4.90 Å². The molecule has 2 heteroatoms. The molecule has 3 atom stereocenters. The van der Waals surface area contributed by atoms with Gasteiger partial charge in [0.05, 0.1) is 6.61 Å². The number of likely N-dealkylation sites (N-methyl/N-ethyl adjacent to an activating group) is 1. The molecule has 102 valence electrons. The second kappa shape index (κ2) is 6.75. The SMILES string of the molecule is CCCCC1CCN(C)C(C)(COC)C1CC. The van der Waals surface area contributed by atoms with Crippen LogP contribution < -0.4 is 0 Å². The summed E-state index contributed by atoms with van der Waals surface area (Å²) < 4.78 is 5.50. The van der Waals surface area contributed by atoms with Crippen molar-refractivity contribution in [3.63, 3.8) is 0 Å². The monoisotopic (exact) mass is 241 g/mol. The third kappa shape index (κ3) is 3.23. The fraction of sp³-hybridized carbons (Fsp3) is 1.00. The maximum atomic E-state index is 5.50. The van der Waals surface area contributed by atoms with E-state index in [4.69, 9.17) is 4.74 Å².